The third-order valence-corrected chi connectivity index (χ3v) is 5.09. The highest BCUT2D eigenvalue weighted by Gasteiger charge is 2.29. The van der Waals surface area contributed by atoms with Crippen LogP contribution in [-0.2, 0) is 14.6 Å². The molecule has 1 atom stereocenters. The van der Waals surface area contributed by atoms with E-state index in [-0.39, 0.29) is 29.8 Å². The molecule has 5 nitrogen and oxygen atoms in total. The number of amides is 1. The standard InChI is InChI=1S/C14H19NO4S/c1-2-19-13-5-3-12(4-6-13)15-14(16)9-11-7-8-20(17,18)10-11/h3-6,11H,2,7-10H2,1H3,(H,15,16)/t11-/m0/s1. The minimum Gasteiger partial charge on any atom is -0.494 e. The molecule has 0 bridgehead atoms. The van der Waals surface area contributed by atoms with Gasteiger partial charge in [-0.25, -0.2) is 8.42 Å². The molecule has 1 amide bonds. The van der Waals surface area contributed by atoms with Gasteiger partial charge in [0.05, 0.1) is 18.1 Å². The first-order valence-corrected chi connectivity index (χ1v) is 8.54. The maximum Gasteiger partial charge on any atom is 0.224 e. The maximum absolute atomic E-state index is 11.9. The van der Waals surface area contributed by atoms with E-state index in [1.807, 2.05) is 6.92 Å². The Hall–Kier alpha value is -1.56. The number of sulfone groups is 1. The van der Waals surface area contributed by atoms with E-state index in [9.17, 15) is 13.2 Å². The lowest BCUT2D eigenvalue weighted by Gasteiger charge is -2.09. The van der Waals surface area contributed by atoms with Crippen LogP contribution in [0.5, 0.6) is 5.75 Å². The summed E-state index contributed by atoms with van der Waals surface area (Å²) in [5.41, 5.74) is 0.694. The third kappa shape index (κ3) is 4.23. The van der Waals surface area contributed by atoms with Gasteiger partial charge in [-0.15, -0.1) is 0 Å². The number of hydrogen-bond donors (Lipinski definition) is 1. The number of carbonyl (C=O) groups excluding carboxylic acids is 1. The molecule has 1 saturated heterocycles. The molecule has 2 rings (SSSR count). The molecule has 0 spiro atoms. The van der Waals surface area contributed by atoms with Gasteiger partial charge >= 0.3 is 0 Å². The lowest BCUT2D eigenvalue weighted by atomic mass is 10.1. The van der Waals surface area contributed by atoms with Gasteiger partial charge < -0.3 is 10.1 Å². The van der Waals surface area contributed by atoms with Crippen molar-refractivity contribution in [3.8, 4) is 5.75 Å². The summed E-state index contributed by atoms with van der Waals surface area (Å²) in [7, 11) is -2.92. The van der Waals surface area contributed by atoms with E-state index in [0.717, 1.165) is 5.75 Å². The van der Waals surface area contributed by atoms with Gasteiger partial charge in [-0.2, -0.15) is 0 Å². The Kier molecular flexibility index (Phi) is 4.65. The summed E-state index contributed by atoms with van der Waals surface area (Å²) in [4.78, 5) is 11.9. The van der Waals surface area contributed by atoms with Crippen LogP contribution in [0.15, 0.2) is 24.3 Å². The molecular formula is C14H19NO4S. The molecule has 1 aliphatic heterocycles. The summed E-state index contributed by atoms with van der Waals surface area (Å²) < 4.78 is 28.0. The minimum atomic E-state index is -2.92. The van der Waals surface area contributed by atoms with Crippen molar-refractivity contribution in [1.82, 2.24) is 0 Å². The first-order valence-electron chi connectivity index (χ1n) is 6.71. The van der Waals surface area contributed by atoms with E-state index in [1.54, 1.807) is 24.3 Å². The van der Waals surface area contributed by atoms with Crippen LogP contribution in [0.1, 0.15) is 19.8 Å². The molecule has 0 radical (unpaired) electrons. The van der Waals surface area contributed by atoms with Crippen molar-refractivity contribution >= 4 is 21.4 Å². The zero-order valence-electron chi connectivity index (χ0n) is 11.5. The molecule has 110 valence electrons. The molecule has 0 aromatic heterocycles. The van der Waals surface area contributed by atoms with Gasteiger partial charge in [0.25, 0.3) is 0 Å². The van der Waals surface area contributed by atoms with Gasteiger partial charge in [0.2, 0.25) is 5.91 Å². The highest BCUT2D eigenvalue weighted by atomic mass is 32.2. The van der Waals surface area contributed by atoms with Crippen LogP contribution in [0.2, 0.25) is 0 Å². The minimum absolute atomic E-state index is 0.0531. The predicted octanol–water partition coefficient (Wildman–Crippen LogP) is 1.85. The van der Waals surface area contributed by atoms with Crippen LogP contribution in [0.4, 0.5) is 5.69 Å². The Balaban J connectivity index is 1.85. The summed E-state index contributed by atoms with van der Waals surface area (Å²) in [6.07, 6.45) is 0.839. The van der Waals surface area contributed by atoms with E-state index in [1.165, 1.54) is 0 Å². The number of carbonyl (C=O) groups is 1. The summed E-state index contributed by atoms with van der Waals surface area (Å²) in [5.74, 6) is 0.892. The highest BCUT2D eigenvalue weighted by molar-refractivity contribution is 7.91. The fraction of sp³-hybridized carbons (Fsp3) is 0.500. The summed E-state index contributed by atoms with van der Waals surface area (Å²) in [6, 6.07) is 7.13. The highest BCUT2D eigenvalue weighted by Crippen LogP contribution is 2.22. The molecule has 1 fully saturated rings. The maximum atomic E-state index is 11.9. The molecule has 0 unspecified atom stereocenters. The smallest absolute Gasteiger partial charge is 0.224 e. The molecule has 1 N–H and O–H groups in total. The van der Waals surface area contributed by atoms with Crippen LogP contribution in [0, 0.1) is 5.92 Å². The van der Waals surface area contributed by atoms with Crippen molar-refractivity contribution in [1.29, 1.82) is 0 Å². The first-order chi connectivity index (χ1) is 9.48. The van der Waals surface area contributed by atoms with E-state index >= 15 is 0 Å². The third-order valence-electron chi connectivity index (χ3n) is 3.25. The van der Waals surface area contributed by atoms with Gasteiger partial charge in [-0.3, -0.25) is 4.79 Å². The Bertz CT molecular complexity index is 565. The first kappa shape index (κ1) is 14.8. The molecule has 1 aromatic carbocycles. The van der Waals surface area contributed by atoms with Crippen LogP contribution in [-0.4, -0.2) is 32.4 Å². The van der Waals surface area contributed by atoms with Crippen molar-refractivity contribution in [2.24, 2.45) is 5.92 Å². The molecule has 1 aromatic rings. The predicted molar refractivity (Wildman–Crippen MR) is 77.6 cm³/mol. The topological polar surface area (TPSA) is 72.5 Å². The quantitative estimate of drug-likeness (QED) is 0.900. The number of rotatable bonds is 5. The zero-order valence-corrected chi connectivity index (χ0v) is 12.3. The second-order valence-corrected chi connectivity index (χ2v) is 7.21. The largest absolute Gasteiger partial charge is 0.494 e. The molecule has 0 aliphatic carbocycles. The number of benzene rings is 1. The van der Waals surface area contributed by atoms with E-state index in [2.05, 4.69) is 5.32 Å². The van der Waals surface area contributed by atoms with E-state index in [4.69, 9.17) is 4.74 Å². The second kappa shape index (κ2) is 6.26. The number of nitrogens with one attached hydrogen (secondary N) is 1. The van der Waals surface area contributed by atoms with Crippen molar-refractivity contribution in [2.45, 2.75) is 19.8 Å². The SMILES string of the molecule is CCOc1ccc(NC(=O)C[C@@H]2CCS(=O)(=O)C2)cc1. The number of hydrogen-bond acceptors (Lipinski definition) is 4. The molecule has 20 heavy (non-hydrogen) atoms. The fourth-order valence-electron chi connectivity index (χ4n) is 2.31. The summed E-state index contributed by atoms with van der Waals surface area (Å²) >= 11 is 0. The van der Waals surface area contributed by atoms with Gasteiger partial charge in [0.1, 0.15) is 5.75 Å². The molecule has 0 saturated carbocycles. The summed E-state index contributed by atoms with van der Waals surface area (Å²) in [5, 5.41) is 2.78. The average molecular weight is 297 g/mol. The molecule has 1 aliphatic rings. The van der Waals surface area contributed by atoms with Crippen LogP contribution in [0.3, 0.4) is 0 Å². The van der Waals surface area contributed by atoms with Crippen molar-refractivity contribution in [3.05, 3.63) is 24.3 Å². The van der Waals surface area contributed by atoms with Gasteiger partial charge in [0.15, 0.2) is 9.84 Å². The normalized spacial score (nSPS) is 20.6. The molecule has 6 heteroatoms. The van der Waals surface area contributed by atoms with Gasteiger partial charge in [-0.05, 0) is 43.5 Å². The lowest BCUT2D eigenvalue weighted by Crippen LogP contribution is -2.17. The van der Waals surface area contributed by atoms with E-state index in [0.29, 0.717) is 18.7 Å². The Morgan fingerprint density at radius 3 is 2.60 bits per heavy atom. The van der Waals surface area contributed by atoms with Crippen molar-refractivity contribution in [3.63, 3.8) is 0 Å². The number of anilines is 1. The van der Waals surface area contributed by atoms with Crippen LogP contribution in [0.25, 0.3) is 0 Å². The van der Waals surface area contributed by atoms with Gasteiger partial charge in [0, 0.05) is 12.1 Å². The van der Waals surface area contributed by atoms with Gasteiger partial charge in [-0.1, -0.05) is 0 Å². The Labute approximate surface area is 119 Å². The Morgan fingerprint density at radius 2 is 2.05 bits per heavy atom. The fourth-order valence-corrected chi connectivity index (χ4v) is 4.17. The Morgan fingerprint density at radius 1 is 1.35 bits per heavy atom. The zero-order chi connectivity index (χ0) is 14.6. The van der Waals surface area contributed by atoms with Crippen LogP contribution < -0.4 is 10.1 Å². The lowest BCUT2D eigenvalue weighted by molar-refractivity contribution is -0.116. The van der Waals surface area contributed by atoms with Crippen molar-refractivity contribution < 1.29 is 17.9 Å². The monoisotopic (exact) mass is 297 g/mol. The van der Waals surface area contributed by atoms with Crippen molar-refractivity contribution in [2.75, 3.05) is 23.4 Å². The average Bonchev–Trinajstić information content (AvgIpc) is 2.71. The van der Waals surface area contributed by atoms with Crippen LogP contribution >= 0.6 is 0 Å². The number of ether oxygens (including phenoxy) is 1. The van der Waals surface area contributed by atoms with E-state index < -0.39 is 9.84 Å². The summed E-state index contributed by atoms with van der Waals surface area (Å²) in [6.45, 7) is 2.51. The second-order valence-electron chi connectivity index (χ2n) is 4.98. The molecular weight excluding hydrogens is 278 g/mol. The molecule has 1 heterocycles.